The molecule has 0 amide bonds. The maximum Gasteiger partial charge on any atom is 0.339 e. The van der Waals surface area contributed by atoms with Crippen LogP contribution in [-0.2, 0) is 0 Å². The Hall–Kier alpha value is -1.99. The molecule has 0 aliphatic carbocycles. The molecule has 0 heterocycles. The third-order valence-electron chi connectivity index (χ3n) is 2.17. The van der Waals surface area contributed by atoms with Crippen molar-refractivity contribution in [2.45, 2.75) is 6.42 Å². The van der Waals surface area contributed by atoms with Gasteiger partial charge in [-0.25, -0.2) is 4.79 Å². The Morgan fingerprint density at radius 1 is 1.53 bits per heavy atom. The fourth-order valence-electron chi connectivity index (χ4n) is 1.37. The molecule has 0 aromatic heterocycles. The van der Waals surface area contributed by atoms with Gasteiger partial charge in [0, 0.05) is 13.0 Å². The highest BCUT2D eigenvalue weighted by Crippen LogP contribution is 2.22. The molecule has 0 saturated heterocycles. The van der Waals surface area contributed by atoms with Gasteiger partial charge in [0.2, 0.25) is 0 Å². The second kappa shape index (κ2) is 6.56. The second-order valence-electron chi connectivity index (χ2n) is 3.35. The van der Waals surface area contributed by atoms with Crippen LogP contribution in [0.25, 0.3) is 0 Å². The molecular formula is C13H15NO3. The number of hydrogen-bond donors (Lipinski definition) is 2. The largest absolute Gasteiger partial charge is 0.495 e. The Bertz CT molecular complexity index is 457. The predicted octanol–water partition coefficient (Wildman–Crippen LogP) is 1.35. The Morgan fingerprint density at radius 3 is 2.88 bits per heavy atom. The summed E-state index contributed by atoms with van der Waals surface area (Å²) in [4.78, 5) is 11.0. The smallest absolute Gasteiger partial charge is 0.339 e. The predicted molar refractivity (Wildman–Crippen MR) is 65.4 cm³/mol. The Balaban J connectivity index is 3.02. The lowest BCUT2D eigenvalue weighted by Gasteiger charge is -2.06. The summed E-state index contributed by atoms with van der Waals surface area (Å²) in [5.41, 5.74) is 0.733. The summed E-state index contributed by atoms with van der Waals surface area (Å²) in [6, 6.07) is 4.91. The van der Waals surface area contributed by atoms with Gasteiger partial charge in [0.1, 0.15) is 11.3 Å². The normalized spacial score (nSPS) is 9.29. The highest BCUT2D eigenvalue weighted by Gasteiger charge is 2.12. The number of hydrogen-bond acceptors (Lipinski definition) is 3. The molecule has 0 fully saturated rings. The molecule has 0 unspecified atom stereocenters. The van der Waals surface area contributed by atoms with Crippen LogP contribution in [0.4, 0.5) is 0 Å². The van der Waals surface area contributed by atoms with E-state index in [2.05, 4.69) is 17.2 Å². The minimum atomic E-state index is -1.01. The van der Waals surface area contributed by atoms with Crippen LogP contribution in [0, 0.1) is 11.8 Å². The van der Waals surface area contributed by atoms with Crippen molar-refractivity contribution in [1.82, 2.24) is 5.32 Å². The highest BCUT2D eigenvalue weighted by molar-refractivity contribution is 5.91. The lowest BCUT2D eigenvalue weighted by Crippen LogP contribution is -2.06. The second-order valence-corrected chi connectivity index (χ2v) is 3.35. The molecule has 0 bridgehead atoms. The number of ether oxygens (including phenoxy) is 1. The third kappa shape index (κ3) is 3.51. The fourth-order valence-corrected chi connectivity index (χ4v) is 1.37. The summed E-state index contributed by atoms with van der Waals surface area (Å²) in [5.74, 6) is 5.18. The molecule has 17 heavy (non-hydrogen) atoms. The van der Waals surface area contributed by atoms with Gasteiger partial charge in [-0.05, 0) is 19.2 Å². The average Bonchev–Trinajstić information content (AvgIpc) is 2.34. The zero-order valence-electron chi connectivity index (χ0n) is 9.91. The lowest BCUT2D eigenvalue weighted by molar-refractivity contribution is 0.0693. The van der Waals surface area contributed by atoms with E-state index in [9.17, 15) is 4.79 Å². The van der Waals surface area contributed by atoms with Crippen molar-refractivity contribution in [3.63, 3.8) is 0 Å². The molecule has 0 atom stereocenters. The van der Waals surface area contributed by atoms with Gasteiger partial charge in [-0.15, -0.1) is 0 Å². The molecule has 90 valence electrons. The first-order chi connectivity index (χ1) is 8.20. The van der Waals surface area contributed by atoms with Gasteiger partial charge in [-0.1, -0.05) is 17.9 Å². The number of carboxylic acids is 1. The first kappa shape index (κ1) is 13.1. The Labute approximate surface area is 101 Å². The van der Waals surface area contributed by atoms with Gasteiger partial charge >= 0.3 is 5.97 Å². The maximum atomic E-state index is 11.0. The number of methoxy groups -OCH3 is 1. The number of benzene rings is 1. The Morgan fingerprint density at radius 2 is 2.29 bits per heavy atom. The zero-order valence-corrected chi connectivity index (χ0v) is 9.91. The summed E-state index contributed by atoms with van der Waals surface area (Å²) in [6.07, 6.45) is 0.705. The van der Waals surface area contributed by atoms with Gasteiger partial charge in [-0.2, -0.15) is 0 Å². The molecule has 0 aliphatic rings. The van der Waals surface area contributed by atoms with Gasteiger partial charge in [0.05, 0.1) is 12.7 Å². The van der Waals surface area contributed by atoms with E-state index in [1.807, 2.05) is 7.05 Å². The standard InChI is InChI=1S/C13H15NO3/c1-14-9-4-3-6-10-7-5-8-11(13(15)16)12(10)17-2/h5,7-8,14H,4,9H2,1-2H3,(H,15,16). The van der Waals surface area contributed by atoms with Crippen LogP contribution < -0.4 is 10.1 Å². The van der Waals surface area contributed by atoms with E-state index < -0.39 is 5.97 Å². The Kier molecular flexibility index (Phi) is 5.05. The summed E-state index contributed by atoms with van der Waals surface area (Å²) in [6.45, 7) is 0.800. The minimum Gasteiger partial charge on any atom is -0.495 e. The van der Waals surface area contributed by atoms with Crippen LogP contribution in [0.1, 0.15) is 22.3 Å². The molecule has 0 aliphatic heterocycles. The van der Waals surface area contributed by atoms with E-state index in [1.54, 1.807) is 12.1 Å². The van der Waals surface area contributed by atoms with Crippen LogP contribution in [-0.4, -0.2) is 31.8 Å². The van der Waals surface area contributed by atoms with Crippen molar-refractivity contribution in [3.05, 3.63) is 29.3 Å². The van der Waals surface area contributed by atoms with Crippen molar-refractivity contribution in [2.24, 2.45) is 0 Å². The van der Waals surface area contributed by atoms with E-state index in [1.165, 1.54) is 13.2 Å². The summed E-state index contributed by atoms with van der Waals surface area (Å²) >= 11 is 0. The minimum absolute atomic E-state index is 0.132. The van der Waals surface area contributed by atoms with Crippen molar-refractivity contribution in [3.8, 4) is 17.6 Å². The quantitative estimate of drug-likeness (QED) is 0.609. The third-order valence-corrected chi connectivity index (χ3v) is 2.17. The summed E-state index contributed by atoms with van der Waals surface area (Å²) in [5, 5.41) is 12.0. The van der Waals surface area contributed by atoms with Crippen molar-refractivity contribution in [1.29, 1.82) is 0 Å². The van der Waals surface area contributed by atoms with E-state index in [0.29, 0.717) is 17.7 Å². The first-order valence-electron chi connectivity index (χ1n) is 5.24. The molecule has 0 spiro atoms. The van der Waals surface area contributed by atoms with E-state index in [-0.39, 0.29) is 5.56 Å². The zero-order chi connectivity index (χ0) is 12.7. The summed E-state index contributed by atoms with van der Waals surface area (Å²) in [7, 11) is 3.30. The monoisotopic (exact) mass is 233 g/mol. The van der Waals surface area contributed by atoms with Gasteiger partial charge in [-0.3, -0.25) is 0 Å². The van der Waals surface area contributed by atoms with Crippen LogP contribution in [0.15, 0.2) is 18.2 Å². The molecule has 2 N–H and O–H groups in total. The molecule has 4 heteroatoms. The molecule has 1 aromatic rings. The van der Waals surface area contributed by atoms with Crippen LogP contribution in [0.5, 0.6) is 5.75 Å². The molecule has 1 rings (SSSR count). The number of carbonyl (C=O) groups is 1. The van der Waals surface area contributed by atoms with Gasteiger partial charge < -0.3 is 15.2 Å². The molecule has 0 radical (unpaired) electrons. The molecule has 4 nitrogen and oxygen atoms in total. The van der Waals surface area contributed by atoms with E-state index in [4.69, 9.17) is 9.84 Å². The SMILES string of the molecule is CNCCC#Cc1cccc(C(=O)O)c1OC. The van der Waals surface area contributed by atoms with E-state index >= 15 is 0 Å². The van der Waals surface area contributed by atoms with E-state index in [0.717, 1.165) is 6.54 Å². The number of aromatic carboxylic acids is 1. The van der Waals surface area contributed by atoms with Crippen molar-refractivity contribution < 1.29 is 14.6 Å². The summed E-state index contributed by atoms with van der Waals surface area (Å²) < 4.78 is 5.10. The number of nitrogens with one attached hydrogen (secondary N) is 1. The molecular weight excluding hydrogens is 218 g/mol. The maximum absolute atomic E-state index is 11.0. The molecule has 0 saturated carbocycles. The number of rotatable bonds is 4. The van der Waals surface area contributed by atoms with Gasteiger partial charge in [0.25, 0.3) is 0 Å². The fraction of sp³-hybridized carbons (Fsp3) is 0.308. The highest BCUT2D eigenvalue weighted by atomic mass is 16.5. The van der Waals surface area contributed by atoms with Gasteiger partial charge in [0.15, 0.2) is 0 Å². The number of carboxylic acid groups (broad SMARTS) is 1. The number of para-hydroxylation sites is 1. The lowest BCUT2D eigenvalue weighted by atomic mass is 10.1. The van der Waals surface area contributed by atoms with Crippen molar-refractivity contribution >= 4 is 5.97 Å². The van der Waals surface area contributed by atoms with Crippen LogP contribution >= 0.6 is 0 Å². The van der Waals surface area contributed by atoms with Crippen LogP contribution in [0.2, 0.25) is 0 Å². The average molecular weight is 233 g/mol. The topological polar surface area (TPSA) is 58.6 Å². The first-order valence-corrected chi connectivity index (χ1v) is 5.24. The van der Waals surface area contributed by atoms with Crippen LogP contribution in [0.3, 0.4) is 0 Å². The molecule has 1 aromatic carbocycles. The van der Waals surface area contributed by atoms with Crippen molar-refractivity contribution in [2.75, 3.05) is 20.7 Å².